The number of esters is 1. The molecule has 2 aliphatic rings. The fourth-order valence-corrected chi connectivity index (χ4v) is 3.27. The molecule has 1 aromatic rings. The lowest BCUT2D eigenvalue weighted by atomic mass is 10.1. The number of amides is 1. The summed E-state index contributed by atoms with van der Waals surface area (Å²) in [5.74, 6) is -0.749. The monoisotopic (exact) mass is 327 g/mol. The standard InChI is InChI=1S/C15H15Cl2NO3/c1-14(9-15(14,16)17)13(20)21-8-12(19)18-7-6-10-4-2-3-5-11(10)18/h2-5H,6-9H2,1H3. The first-order valence-corrected chi connectivity index (χ1v) is 7.54. The molecule has 0 radical (unpaired) electrons. The molecular weight excluding hydrogens is 313 g/mol. The van der Waals surface area contributed by atoms with Crippen LogP contribution in [0.4, 0.5) is 5.69 Å². The number of alkyl halides is 2. The van der Waals surface area contributed by atoms with Crippen molar-refractivity contribution in [3.05, 3.63) is 29.8 Å². The van der Waals surface area contributed by atoms with Gasteiger partial charge in [-0.05, 0) is 25.0 Å². The Balaban J connectivity index is 1.60. The molecule has 3 rings (SSSR count). The Morgan fingerprint density at radius 2 is 2.00 bits per heavy atom. The van der Waals surface area contributed by atoms with Gasteiger partial charge in [0.15, 0.2) is 6.61 Å². The van der Waals surface area contributed by atoms with Crippen LogP contribution in [0.5, 0.6) is 0 Å². The van der Waals surface area contributed by atoms with Crippen LogP contribution in [0.3, 0.4) is 0 Å². The molecule has 4 nitrogen and oxygen atoms in total. The van der Waals surface area contributed by atoms with Crippen molar-refractivity contribution >= 4 is 40.8 Å². The number of carbonyl (C=O) groups is 2. The zero-order valence-electron chi connectivity index (χ0n) is 11.6. The van der Waals surface area contributed by atoms with Crippen LogP contribution in [0.2, 0.25) is 0 Å². The molecule has 1 aliphatic carbocycles. The van der Waals surface area contributed by atoms with Crippen molar-refractivity contribution in [1.82, 2.24) is 0 Å². The molecule has 0 saturated heterocycles. The molecular formula is C15H15Cl2NO3. The molecule has 112 valence electrons. The number of ether oxygens (including phenoxy) is 1. The van der Waals surface area contributed by atoms with Crippen molar-refractivity contribution in [2.45, 2.75) is 24.1 Å². The number of rotatable bonds is 3. The van der Waals surface area contributed by atoms with E-state index in [0.717, 1.165) is 17.7 Å². The van der Waals surface area contributed by atoms with Crippen LogP contribution in [-0.4, -0.2) is 29.4 Å². The van der Waals surface area contributed by atoms with Gasteiger partial charge in [0.25, 0.3) is 5.91 Å². The number of para-hydroxylation sites is 1. The van der Waals surface area contributed by atoms with Gasteiger partial charge in [-0.15, -0.1) is 23.2 Å². The van der Waals surface area contributed by atoms with E-state index in [0.29, 0.717) is 13.0 Å². The second kappa shape index (κ2) is 4.89. The van der Waals surface area contributed by atoms with E-state index in [2.05, 4.69) is 0 Å². The normalized spacial score (nSPS) is 25.4. The first kappa shape index (κ1) is 14.7. The Kier molecular flexibility index (Phi) is 3.41. The molecule has 1 heterocycles. The van der Waals surface area contributed by atoms with Crippen molar-refractivity contribution in [2.75, 3.05) is 18.1 Å². The number of carbonyl (C=O) groups excluding carboxylic acids is 2. The lowest BCUT2D eigenvalue weighted by Gasteiger charge is -2.18. The minimum atomic E-state index is -1.08. The number of anilines is 1. The van der Waals surface area contributed by atoms with E-state index in [1.165, 1.54) is 0 Å². The van der Waals surface area contributed by atoms with Gasteiger partial charge in [-0.3, -0.25) is 9.59 Å². The summed E-state index contributed by atoms with van der Waals surface area (Å²) < 4.78 is 4.02. The number of fused-ring (bicyclic) bond motifs is 1. The summed E-state index contributed by atoms with van der Waals surface area (Å²) in [5, 5.41) is 0. The third-order valence-corrected chi connectivity index (χ3v) is 5.32. The molecule has 0 N–H and O–H groups in total. The molecule has 0 bridgehead atoms. The van der Waals surface area contributed by atoms with E-state index in [-0.39, 0.29) is 12.5 Å². The molecule has 1 amide bonds. The second-order valence-electron chi connectivity index (χ2n) is 5.71. The highest BCUT2D eigenvalue weighted by atomic mass is 35.5. The van der Waals surface area contributed by atoms with E-state index in [9.17, 15) is 9.59 Å². The van der Waals surface area contributed by atoms with Crippen molar-refractivity contribution in [3.8, 4) is 0 Å². The van der Waals surface area contributed by atoms with Gasteiger partial charge in [-0.2, -0.15) is 0 Å². The first-order chi connectivity index (χ1) is 9.85. The van der Waals surface area contributed by atoms with Gasteiger partial charge < -0.3 is 9.64 Å². The largest absolute Gasteiger partial charge is 0.455 e. The quantitative estimate of drug-likeness (QED) is 0.633. The molecule has 1 atom stereocenters. The molecule has 1 aliphatic heterocycles. The maximum Gasteiger partial charge on any atom is 0.315 e. The van der Waals surface area contributed by atoms with Crippen LogP contribution in [0.15, 0.2) is 24.3 Å². The van der Waals surface area contributed by atoms with Gasteiger partial charge in [0, 0.05) is 18.7 Å². The van der Waals surface area contributed by atoms with Gasteiger partial charge in [-0.25, -0.2) is 0 Å². The number of hydrogen-bond donors (Lipinski definition) is 0. The van der Waals surface area contributed by atoms with Crippen molar-refractivity contribution in [3.63, 3.8) is 0 Å². The molecule has 6 heteroatoms. The van der Waals surface area contributed by atoms with Crippen molar-refractivity contribution in [2.24, 2.45) is 5.41 Å². The average Bonchev–Trinajstić information content (AvgIpc) is 2.82. The summed E-state index contributed by atoms with van der Waals surface area (Å²) in [6.07, 6.45) is 1.17. The lowest BCUT2D eigenvalue weighted by molar-refractivity contribution is -0.152. The summed E-state index contributed by atoms with van der Waals surface area (Å²) in [5.41, 5.74) is 1.12. The van der Waals surface area contributed by atoms with Crippen LogP contribution in [0, 0.1) is 5.41 Å². The highest BCUT2D eigenvalue weighted by Gasteiger charge is 2.69. The summed E-state index contributed by atoms with van der Waals surface area (Å²) in [6.45, 7) is 1.97. The minimum absolute atomic E-state index is 0.229. The molecule has 1 fully saturated rings. The zero-order chi connectivity index (χ0) is 15.3. The van der Waals surface area contributed by atoms with E-state index < -0.39 is 15.7 Å². The molecule has 0 aromatic heterocycles. The molecule has 1 unspecified atom stereocenters. The van der Waals surface area contributed by atoms with Crippen LogP contribution >= 0.6 is 23.2 Å². The summed E-state index contributed by atoms with van der Waals surface area (Å²) in [4.78, 5) is 25.8. The van der Waals surface area contributed by atoms with Gasteiger partial charge in [-0.1, -0.05) is 18.2 Å². The minimum Gasteiger partial charge on any atom is -0.455 e. The highest BCUT2D eigenvalue weighted by Crippen LogP contribution is 2.64. The van der Waals surface area contributed by atoms with E-state index >= 15 is 0 Å². The highest BCUT2D eigenvalue weighted by molar-refractivity contribution is 6.53. The van der Waals surface area contributed by atoms with Crippen LogP contribution in [0.1, 0.15) is 18.9 Å². The maximum absolute atomic E-state index is 12.2. The third kappa shape index (κ3) is 2.40. The van der Waals surface area contributed by atoms with Crippen molar-refractivity contribution in [1.29, 1.82) is 0 Å². The molecule has 21 heavy (non-hydrogen) atoms. The Labute approximate surface area is 133 Å². The fraction of sp³-hybridized carbons (Fsp3) is 0.467. The number of hydrogen-bond acceptors (Lipinski definition) is 3. The van der Waals surface area contributed by atoms with Gasteiger partial charge >= 0.3 is 5.97 Å². The summed E-state index contributed by atoms with van der Waals surface area (Å²) in [7, 11) is 0. The van der Waals surface area contributed by atoms with Crippen LogP contribution in [-0.2, 0) is 20.7 Å². The van der Waals surface area contributed by atoms with Crippen LogP contribution < -0.4 is 4.90 Å². The Bertz CT molecular complexity index is 617. The first-order valence-electron chi connectivity index (χ1n) is 6.78. The predicted molar refractivity (Wildman–Crippen MR) is 80.6 cm³/mol. The third-order valence-electron chi connectivity index (χ3n) is 4.22. The zero-order valence-corrected chi connectivity index (χ0v) is 13.1. The second-order valence-corrected chi connectivity index (χ2v) is 7.20. The smallest absolute Gasteiger partial charge is 0.315 e. The van der Waals surface area contributed by atoms with E-state index in [1.54, 1.807) is 11.8 Å². The Morgan fingerprint density at radius 3 is 2.67 bits per heavy atom. The van der Waals surface area contributed by atoms with Gasteiger partial charge in [0.1, 0.15) is 9.75 Å². The Morgan fingerprint density at radius 1 is 1.33 bits per heavy atom. The number of benzene rings is 1. The van der Waals surface area contributed by atoms with Gasteiger partial charge in [0.2, 0.25) is 0 Å². The molecule has 0 spiro atoms. The molecule has 1 saturated carbocycles. The maximum atomic E-state index is 12.2. The van der Waals surface area contributed by atoms with Crippen molar-refractivity contribution < 1.29 is 14.3 Å². The van der Waals surface area contributed by atoms with Gasteiger partial charge in [0.05, 0.1) is 0 Å². The topological polar surface area (TPSA) is 46.6 Å². The molecule has 1 aromatic carbocycles. The SMILES string of the molecule is CC1(C(=O)OCC(=O)N2CCc3ccccc32)CC1(Cl)Cl. The van der Waals surface area contributed by atoms with Crippen LogP contribution in [0.25, 0.3) is 0 Å². The summed E-state index contributed by atoms with van der Waals surface area (Å²) >= 11 is 11.8. The fourth-order valence-electron chi connectivity index (χ4n) is 2.58. The number of nitrogens with zero attached hydrogens (tertiary/aromatic N) is 1. The average molecular weight is 328 g/mol. The summed E-state index contributed by atoms with van der Waals surface area (Å²) in [6, 6.07) is 7.72. The lowest BCUT2D eigenvalue weighted by Crippen LogP contribution is -2.34. The van der Waals surface area contributed by atoms with E-state index in [4.69, 9.17) is 27.9 Å². The number of halogens is 2. The predicted octanol–water partition coefficient (Wildman–Crippen LogP) is 2.70. The van der Waals surface area contributed by atoms with E-state index in [1.807, 2.05) is 24.3 Å². The Hall–Kier alpha value is -1.26.